The van der Waals surface area contributed by atoms with Crippen LogP contribution in [0.1, 0.15) is 31.7 Å². The number of benzene rings is 1. The molecule has 0 fully saturated rings. The van der Waals surface area contributed by atoms with Crippen molar-refractivity contribution in [2.45, 2.75) is 26.2 Å². The van der Waals surface area contributed by atoms with Gasteiger partial charge >= 0.3 is 0 Å². The lowest BCUT2D eigenvalue weighted by Crippen LogP contribution is -2.20. The Balaban J connectivity index is 3.11. The van der Waals surface area contributed by atoms with Crippen LogP contribution in [0.2, 0.25) is 5.02 Å². The van der Waals surface area contributed by atoms with Crippen molar-refractivity contribution in [2.75, 3.05) is 13.7 Å². The highest BCUT2D eigenvalue weighted by Crippen LogP contribution is 2.34. The molecule has 0 saturated carbocycles. The average molecular weight is 242 g/mol. The van der Waals surface area contributed by atoms with Gasteiger partial charge in [0.05, 0.1) is 7.11 Å². The Morgan fingerprint density at radius 1 is 1.44 bits per heavy atom. The SMILES string of the molecule is CCC(C)C(CN)c1cc(Cl)ccc1OC. The molecule has 2 unspecified atom stereocenters. The van der Waals surface area contributed by atoms with Crippen molar-refractivity contribution < 1.29 is 4.74 Å². The van der Waals surface area contributed by atoms with E-state index in [1.54, 1.807) is 7.11 Å². The van der Waals surface area contributed by atoms with Crippen LogP contribution in [0, 0.1) is 5.92 Å². The third-order valence-electron chi connectivity index (χ3n) is 3.18. The number of halogens is 1. The first-order valence-corrected chi connectivity index (χ1v) is 6.05. The van der Waals surface area contributed by atoms with Crippen LogP contribution in [-0.2, 0) is 0 Å². The standard InChI is InChI=1S/C13H20ClNO/c1-4-9(2)12(8-15)11-7-10(14)5-6-13(11)16-3/h5-7,9,12H,4,8,15H2,1-3H3. The fraction of sp³-hybridized carbons (Fsp3) is 0.538. The monoisotopic (exact) mass is 241 g/mol. The first-order chi connectivity index (χ1) is 7.63. The quantitative estimate of drug-likeness (QED) is 0.857. The minimum Gasteiger partial charge on any atom is -0.496 e. The number of hydrogen-bond acceptors (Lipinski definition) is 2. The molecule has 0 aliphatic rings. The summed E-state index contributed by atoms with van der Waals surface area (Å²) in [4.78, 5) is 0. The third kappa shape index (κ3) is 2.89. The van der Waals surface area contributed by atoms with Crippen LogP contribution < -0.4 is 10.5 Å². The molecule has 0 radical (unpaired) electrons. The van der Waals surface area contributed by atoms with E-state index in [0.29, 0.717) is 18.4 Å². The van der Waals surface area contributed by atoms with Crippen molar-refractivity contribution in [2.24, 2.45) is 11.7 Å². The van der Waals surface area contributed by atoms with Gasteiger partial charge in [-0.25, -0.2) is 0 Å². The maximum Gasteiger partial charge on any atom is 0.122 e. The third-order valence-corrected chi connectivity index (χ3v) is 3.41. The molecule has 3 heteroatoms. The highest BCUT2D eigenvalue weighted by Gasteiger charge is 2.20. The summed E-state index contributed by atoms with van der Waals surface area (Å²) < 4.78 is 5.36. The maximum absolute atomic E-state index is 6.03. The molecule has 0 saturated heterocycles. The van der Waals surface area contributed by atoms with E-state index in [4.69, 9.17) is 22.1 Å². The minimum atomic E-state index is 0.304. The highest BCUT2D eigenvalue weighted by molar-refractivity contribution is 6.30. The van der Waals surface area contributed by atoms with Crippen LogP contribution in [0.4, 0.5) is 0 Å². The van der Waals surface area contributed by atoms with E-state index in [0.717, 1.165) is 22.8 Å². The van der Waals surface area contributed by atoms with Gasteiger partial charge in [-0.3, -0.25) is 0 Å². The molecule has 2 nitrogen and oxygen atoms in total. The van der Waals surface area contributed by atoms with Crippen molar-refractivity contribution in [1.29, 1.82) is 0 Å². The van der Waals surface area contributed by atoms with Crippen molar-refractivity contribution in [3.8, 4) is 5.75 Å². The lowest BCUT2D eigenvalue weighted by atomic mass is 9.85. The first-order valence-electron chi connectivity index (χ1n) is 5.67. The lowest BCUT2D eigenvalue weighted by molar-refractivity contribution is 0.387. The van der Waals surface area contributed by atoms with Crippen molar-refractivity contribution in [1.82, 2.24) is 0 Å². The number of rotatable bonds is 5. The largest absolute Gasteiger partial charge is 0.496 e. The Kier molecular flexibility index (Phi) is 5.10. The van der Waals surface area contributed by atoms with Gasteiger partial charge in [0, 0.05) is 16.5 Å². The normalized spacial score (nSPS) is 14.6. The van der Waals surface area contributed by atoms with Crippen LogP contribution in [0.5, 0.6) is 5.75 Å². The molecule has 0 bridgehead atoms. The summed E-state index contributed by atoms with van der Waals surface area (Å²) in [5.41, 5.74) is 6.97. The number of ether oxygens (including phenoxy) is 1. The molecule has 2 N–H and O–H groups in total. The van der Waals surface area contributed by atoms with Crippen LogP contribution >= 0.6 is 11.6 Å². The lowest BCUT2D eigenvalue weighted by Gasteiger charge is -2.23. The van der Waals surface area contributed by atoms with Crippen LogP contribution in [-0.4, -0.2) is 13.7 Å². The predicted octanol–water partition coefficient (Wildman–Crippen LogP) is 3.44. The van der Waals surface area contributed by atoms with E-state index >= 15 is 0 Å². The predicted molar refractivity (Wildman–Crippen MR) is 69.3 cm³/mol. The fourth-order valence-corrected chi connectivity index (χ4v) is 2.13. The summed E-state index contributed by atoms with van der Waals surface area (Å²) in [7, 11) is 1.68. The number of hydrogen-bond donors (Lipinski definition) is 1. The molecule has 16 heavy (non-hydrogen) atoms. The van der Waals surface area contributed by atoms with Gasteiger partial charge in [-0.1, -0.05) is 31.9 Å². The smallest absolute Gasteiger partial charge is 0.122 e. The minimum absolute atomic E-state index is 0.304. The van der Waals surface area contributed by atoms with E-state index < -0.39 is 0 Å². The van der Waals surface area contributed by atoms with Crippen LogP contribution in [0.25, 0.3) is 0 Å². The zero-order valence-corrected chi connectivity index (χ0v) is 10.9. The van der Waals surface area contributed by atoms with Crippen LogP contribution in [0.15, 0.2) is 18.2 Å². The molecule has 1 aromatic rings. The van der Waals surface area contributed by atoms with E-state index in [1.807, 2.05) is 18.2 Å². The van der Waals surface area contributed by atoms with E-state index in [1.165, 1.54) is 0 Å². The van der Waals surface area contributed by atoms with Crippen LogP contribution in [0.3, 0.4) is 0 Å². The maximum atomic E-state index is 6.03. The van der Waals surface area contributed by atoms with Crippen molar-refractivity contribution in [3.63, 3.8) is 0 Å². The fourth-order valence-electron chi connectivity index (χ4n) is 1.95. The van der Waals surface area contributed by atoms with E-state index in [-0.39, 0.29) is 0 Å². The molecule has 1 aromatic carbocycles. The molecule has 90 valence electrons. The second-order valence-corrected chi connectivity index (χ2v) is 4.55. The molecule has 0 amide bonds. The van der Waals surface area contributed by atoms with Gasteiger partial charge in [-0.2, -0.15) is 0 Å². The second-order valence-electron chi connectivity index (χ2n) is 4.11. The van der Waals surface area contributed by atoms with Gasteiger partial charge < -0.3 is 10.5 Å². The van der Waals surface area contributed by atoms with Gasteiger partial charge in [0.25, 0.3) is 0 Å². The number of methoxy groups -OCH3 is 1. The summed E-state index contributed by atoms with van der Waals surface area (Å²) >= 11 is 6.03. The molecule has 1 rings (SSSR count). The molecule has 0 aliphatic carbocycles. The van der Waals surface area contributed by atoms with Gasteiger partial charge in [-0.15, -0.1) is 0 Å². The molecule has 2 atom stereocenters. The second kappa shape index (κ2) is 6.12. The number of nitrogens with two attached hydrogens (primary N) is 1. The summed E-state index contributed by atoms with van der Waals surface area (Å²) in [5, 5.41) is 0.734. The summed E-state index contributed by atoms with van der Waals surface area (Å²) in [6.07, 6.45) is 1.09. The van der Waals surface area contributed by atoms with Gasteiger partial charge in [0.2, 0.25) is 0 Å². The Bertz CT molecular complexity index is 341. The van der Waals surface area contributed by atoms with E-state index in [2.05, 4.69) is 13.8 Å². The van der Waals surface area contributed by atoms with Gasteiger partial charge in [0.15, 0.2) is 0 Å². The van der Waals surface area contributed by atoms with E-state index in [9.17, 15) is 0 Å². The average Bonchev–Trinajstić information content (AvgIpc) is 2.30. The first kappa shape index (κ1) is 13.3. The summed E-state index contributed by atoms with van der Waals surface area (Å²) in [6, 6.07) is 5.71. The molecule has 0 aliphatic heterocycles. The Hall–Kier alpha value is -0.730. The van der Waals surface area contributed by atoms with Gasteiger partial charge in [0.1, 0.15) is 5.75 Å². The van der Waals surface area contributed by atoms with Gasteiger partial charge in [-0.05, 0) is 30.7 Å². The van der Waals surface area contributed by atoms with Crippen molar-refractivity contribution in [3.05, 3.63) is 28.8 Å². The molecule has 0 heterocycles. The Morgan fingerprint density at radius 2 is 2.12 bits per heavy atom. The Labute approximate surface area is 103 Å². The molecular formula is C13H20ClNO. The highest BCUT2D eigenvalue weighted by atomic mass is 35.5. The zero-order valence-electron chi connectivity index (χ0n) is 10.2. The molecule has 0 spiro atoms. The topological polar surface area (TPSA) is 35.2 Å². The summed E-state index contributed by atoms with van der Waals surface area (Å²) in [5.74, 6) is 1.70. The molecular weight excluding hydrogens is 222 g/mol. The summed E-state index contributed by atoms with van der Waals surface area (Å²) in [6.45, 7) is 4.99. The Morgan fingerprint density at radius 3 is 2.62 bits per heavy atom. The van der Waals surface area contributed by atoms with Crippen molar-refractivity contribution >= 4 is 11.6 Å². The molecule has 0 aromatic heterocycles. The zero-order chi connectivity index (χ0) is 12.1.